The smallest absolute Gasteiger partial charge is 0.407 e. The summed E-state index contributed by atoms with van der Waals surface area (Å²) in [6.07, 6.45) is -1.07. The molecule has 0 bridgehead atoms. The fourth-order valence-electron chi connectivity index (χ4n) is 1.72. The molecule has 110 valence electrons. The van der Waals surface area contributed by atoms with E-state index in [1.807, 2.05) is 0 Å². The van der Waals surface area contributed by atoms with Crippen molar-refractivity contribution in [2.24, 2.45) is 10.2 Å². The van der Waals surface area contributed by atoms with E-state index in [0.717, 1.165) is 0 Å². The fourth-order valence-corrected chi connectivity index (χ4v) is 1.72. The quantitative estimate of drug-likeness (QED) is 0.457. The summed E-state index contributed by atoms with van der Waals surface area (Å²) in [6, 6.07) is 0. The maximum absolute atomic E-state index is 11.6. The van der Waals surface area contributed by atoms with Gasteiger partial charge >= 0.3 is 6.09 Å². The minimum Gasteiger partial charge on any atom is -0.438 e. The lowest BCUT2D eigenvalue weighted by atomic mass is 10.1. The van der Waals surface area contributed by atoms with E-state index in [1.165, 1.54) is 0 Å². The maximum Gasteiger partial charge on any atom is 0.407 e. The Morgan fingerprint density at radius 2 is 2.20 bits per heavy atom. The third-order valence-electron chi connectivity index (χ3n) is 2.98. The van der Waals surface area contributed by atoms with Crippen LogP contribution in [-0.4, -0.2) is 64.8 Å². The second kappa shape index (κ2) is 5.72. The van der Waals surface area contributed by atoms with Gasteiger partial charge < -0.3 is 30.1 Å². The van der Waals surface area contributed by atoms with Crippen LogP contribution >= 0.6 is 0 Å². The molecule has 9 nitrogen and oxygen atoms in total. The summed E-state index contributed by atoms with van der Waals surface area (Å²) in [5, 5.41) is 38.3. The molecule has 0 radical (unpaired) electrons. The molecule has 1 saturated heterocycles. The van der Waals surface area contributed by atoms with E-state index in [9.17, 15) is 20.1 Å². The third-order valence-corrected chi connectivity index (χ3v) is 2.98. The molecule has 2 heterocycles. The number of amides is 1. The molecule has 4 N–H and O–H groups in total. The topological polar surface area (TPSA) is 133 Å². The van der Waals surface area contributed by atoms with Crippen molar-refractivity contribution in [1.29, 1.82) is 0 Å². The molecule has 2 aliphatic heterocycles. The number of nitrogens with one attached hydrogen (secondary N) is 1. The van der Waals surface area contributed by atoms with E-state index in [2.05, 4.69) is 21.5 Å². The number of nitrogens with zero attached hydrogens (tertiary/aromatic N) is 2. The van der Waals surface area contributed by atoms with E-state index in [-0.39, 0.29) is 19.6 Å². The van der Waals surface area contributed by atoms with Crippen LogP contribution in [0.4, 0.5) is 4.79 Å². The zero-order chi connectivity index (χ0) is 14.8. The molecular weight excluding hydrogens is 270 g/mol. The van der Waals surface area contributed by atoms with Gasteiger partial charge in [-0.3, -0.25) is 0 Å². The van der Waals surface area contributed by atoms with Crippen molar-refractivity contribution < 1.29 is 29.6 Å². The number of aliphatic hydroxyl groups is 3. The summed E-state index contributed by atoms with van der Waals surface area (Å²) in [5.74, 6) is 2.38. The van der Waals surface area contributed by atoms with Gasteiger partial charge in [0.2, 0.25) is 5.66 Å². The molecule has 1 fully saturated rings. The molecule has 0 aromatic carbocycles. The molecule has 0 aliphatic carbocycles. The van der Waals surface area contributed by atoms with Crippen molar-refractivity contribution in [3.63, 3.8) is 0 Å². The Morgan fingerprint density at radius 3 is 2.80 bits per heavy atom. The van der Waals surface area contributed by atoms with Crippen LogP contribution in [0, 0.1) is 12.3 Å². The summed E-state index contributed by atoms with van der Waals surface area (Å²) < 4.78 is 9.56. The highest BCUT2D eigenvalue weighted by molar-refractivity contribution is 5.67. The summed E-state index contributed by atoms with van der Waals surface area (Å²) >= 11 is 0. The van der Waals surface area contributed by atoms with Crippen molar-refractivity contribution in [1.82, 2.24) is 5.32 Å². The van der Waals surface area contributed by atoms with Crippen LogP contribution in [0.15, 0.2) is 10.2 Å². The first-order valence-electron chi connectivity index (χ1n) is 5.95. The highest BCUT2D eigenvalue weighted by atomic mass is 16.7. The Morgan fingerprint density at radius 1 is 1.50 bits per heavy atom. The summed E-state index contributed by atoms with van der Waals surface area (Å²) in [7, 11) is 0. The van der Waals surface area contributed by atoms with Crippen LogP contribution in [0.2, 0.25) is 0 Å². The zero-order valence-corrected chi connectivity index (χ0v) is 10.5. The molecule has 9 heteroatoms. The molecule has 1 amide bonds. The summed E-state index contributed by atoms with van der Waals surface area (Å²) in [5.41, 5.74) is -0.798. The van der Waals surface area contributed by atoms with Gasteiger partial charge in [-0.1, -0.05) is 0 Å². The van der Waals surface area contributed by atoms with Crippen molar-refractivity contribution in [3.05, 3.63) is 0 Å². The van der Waals surface area contributed by atoms with Crippen molar-refractivity contribution in [3.8, 4) is 12.3 Å². The SMILES string of the molecule is C#CCC1(CNC(=O)OC2C(O)OC[C@@H](O)[C@@H]2O)N=N1. The third kappa shape index (κ3) is 3.23. The van der Waals surface area contributed by atoms with E-state index in [1.54, 1.807) is 0 Å². The van der Waals surface area contributed by atoms with Gasteiger partial charge in [-0.2, -0.15) is 10.2 Å². The second-order valence-electron chi connectivity index (χ2n) is 4.57. The Hall–Kier alpha value is -1.73. The van der Waals surface area contributed by atoms with Gasteiger partial charge in [-0.05, 0) is 0 Å². The zero-order valence-electron chi connectivity index (χ0n) is 10.5. The number of alkyl carbamates (subject to hydrolysis) is 1. The molecule has 20 heavy (non-hydrogen) atoms. The van der Waals surface area contributed by atoms with Crippen LogP contribution < -0.4 is 5.32 Å². The Labute approximate surface area is 114 Å². The average molecular weight is 285 g/mol. The van der Waals surface area contributed by atoms with Gasteiger partial charge in [0.1, 0.15) is 12.2 Å². The first-order valence-corrected chi connectivity index (χ1v) is 5.95. The standard InChI is InChI=1S/C11H15N3O6/c1-2-3-11(13-14-11)5-12-10(18)20-8-7(16)6(15)4-19-9(8)17/h1,6-9,15-17H,3-5H2,(H,12,18)/t6-,7+,8?,9?/m1/s1. The molecular formula is C11H15N3O6. The van der Waals surface area contributed by atoms with Crippen molar-refractivity contribution >= 4 is 6.09 Å². The molecule has 2 rings (SSSR count). The lowest BCUT2D eigenvalue weighted by molar-refractivity contribution is -0.251. The highest BCUT2D eigenvalue weighted by Crippen LogP contribution is 2.30. The number of hydrogen-bond donors (Lipinski definition) is 4. The second-order valence-corrected chi connectivity index (χ2v) is 4.57. The van der Waals surface area contributed by atoms with Crippen LogP contribution in [0.5, 0.6) is 0 Å². The normalized spacial score (nSPS) is 34.1. The van der Waals surface area contributed by atoms with Crippen LogP contribution in [-0.2, 0) is 9.47 Å². The maximum atomic E-state index is 11.6. The first-order chi connectivity index (χ1) is 9.47. The van der Waals surface area contributed by atoms with Gasteiger partial charge in [0.15, 0.2) is 12.4 Å². The Bertz CT molecular complexity index is 442. The van der Waals surface area contributed by atoms with Gasteiger partial charge in [-0.25, -0.2) is 4.79 Å². The molecule has 0 aromatic rings. The van der Waals surface area contributed by atoms with Gasteiger partial charge in [-0.15, -0.1) is 12.3 Å². The predicted octanol–water partition coefficient (Wildman–Crippen LogP) is -1.66. The Balaban J connectivity index is 1.80. The Kier molecular flexibility index (Phi) is 4.20. The fraction of sp³-hybridized carbons (Fsp3) is 0.727. The number of aliphatic hydroxyl groups excluding tert-OH is 3. The monoisotopic (exact) mass is 285 g/mol. The molecule has 2 aliphatic rings. The van der Waals surface area contributed by atoms with E-state index < -0.39 is 36.4 Å². The van der Waals surface area contributed by atoms with E-state index >= 15 is 0 Å². The lowest BCUT2D eigenvalue weighted by Gasteiger charge is -2.34. The van der Waals surface area contributed by atoms with Gasteiger partial charge in [0.25, 0.3) is 0 Å². The molecule has 0 aromatic heterocycles. The number of carbonyl (C=O) groups excluding carboxylic acids is 1. The van der Waals surface area contributed by atoms with Crippen LogP contribution in [0.25, 0.3) is 0 Å². The highest BCUT2D eigenvalue weighted by Gasteiger charge is 2.42. The number of ether oxygens (including phenoxy) is 2. The number of terminal acetylenes is 1. The number of carbonyl (C=O) groups is 1. The van der Waals surface area contributed by atoms with Gasteiger partial charge in [0, 0.05) is 0 Å². The molecule has 0 spiro atoms. The first kappa shape index (κ1) is 14.7. The lowest BCUT2D eigenvalue weighted by Crippen LogP contribution is -2.55. The van der Waals surface area contributed by atoms with Crippen LogP contribution in [0.1, 0.15) is 6.42 Å². The average Bonchev–Trinajstić information content (AvgIpc) is 3.18. The number of rotatable bonds is 4. The molecule has 4 atom stereocenters. The molecule has 0 saturated carbocycles. The van der Waals surface area contributed by atoms with Crippen molar-refractivity contribution in [2.45, 2.75) is 36.7 Å². The largest absolute Gasteiger partial charge is 0.438 e. The molecule has 2 unspecified atom stereocenters. The summed E-state index contributed by atoms with van der Waals surface area (Å²) in [4.78, 5) is 11.6. The van der Waals surface area contributed by atoms with E-state index in [0.29, 0.717) is 0 Å². The van der Waals surface area contributed by atoms with Crippen molar-refractivity contribution in [2.75, 3.05) is 13.2 Å². The summed E-state index contributed by atoms with van der Waals surface area (Å²) in [6.45, 7) is -0.189. The number of hydrogen-bond acceptors (Lipinski definition) is 8. The van der Waals surface area contributed by atoms with E-state index in [4.69, 9.17) is 15.9 Å². The minimum atomic E-state index is -1.51. The van der Waals surface area contributed by atoms with Gasteiger partial charge in [0.05, 0.1) is 19.6 Å². The predicted molar refractivity (Wildman–Crippen MR) is 63.3 cm³/mol. The minimum absolute atomic E-state index is 0.0539. The van der Waals surface area contributed by atoms with Crippen LogP contribution in [0.3, 0.4) is 0 Å².